The van der Waals surface area contributed by atoms with Crippen LogP contribution in [-0.2, 0) is 9.59 Å². The molecule has 0 aliphatic carbocycles. The van der Waals surface area contributed by atoms with Gasteiger partial charge in [0.1, 0.15) is 6.54 Å². The Morgan fingerprint density at radius 1 is 1.10 bits per heavy atom. The largest absolute Gasteiger partial charge is 0.368 e. The van der Waals surface area contributed by atoms with Crippen LogP contribution in [0.1, 0.15) is 4.88 Å². The van der Waals surface area contributed by atoms with E-state index in [9.17, 15) is 24.5 Å². The molecule has 0 saturated carbocycles. The molecule has 9 nitrogen and oxygen atoms in total. The average molecular weight is 459 g/mol. The second kappa shape index (κ2) is 8.90. The number of carbonyl (C=O) groups excluding carboxylic acids is 3. The van der Waals surface area contributed by atoms with Crippen molar-refractivity contribution >= 4 is 57.6 Å². The van der Waals surface area contributed by atoms with Gasteiger partial charge in [-0.2, -0.15) is 0 Å². The first-order chi connectivity index (χ1) is 14.9. The molecule has 2 aromatic rings. The lowest BCUT2D eigenvalue weighted by atomic mass is 10.2. The van der Waals surface area contributed by atoms with E-state index in [0.717, 1.165) is 27.2 Å². The molecule has 2 aliphatic heterocycles. The van der Waals surface area contributed by atoms with Crippen LogP contribution in [0, 0.1) is 10.1 Å². The predicted octanol–water partition coefficient (Wildman–Crippen LogP) is 3.04. The summed E-state index contributed by atoms with van der Waals surface area (Å²) in [7, 11) is 0. The molecular formula is C20H18N4O5S2. The smallest absolute Gasteiger partial charge is 0.294 e. The van der Waals surface area contributed by atoms with Gasteiger partial charge < -0.3 is 9.80 Å². The molecule has 1 aromatic carbocycles. The van der Waals surface area contributed by atoms with Gasteiger partial charge in [0.15, 0.2) is 0 Å². The summed E-state index contributed by atoms with van der Waals surface area (Å²) >= 11 is 2.31. The molecule has 0 radical (unpaired) electrons. The highest BCUT2D eigenvalue weighted by molar-refractivity contribution is 8.18. The lowest BCUT2D eigenvalue weighted by molar-refractivity contribution is -0.384. The van der Waals surface area contributed by atoms with Crippen LogP contribution in [0.5, 0.6) is 0 Å². The molecule has 11 heteroatoms. The number of rotatable bonds is 5. The number of thiophene rings is 1. The molecule has 2 aliphatic rings. The Morgan fingerprint density at radius 2 is 1.81 bits per heavy atom. The van der Waals surface area contributed by atoms with Gasteiger partial charge >= 0.3 is 0 Å². The van der Waals surface area contributed by atoms with E-state index in [0.29, 0.717) is 31.1 Å². The normalized spacial score (nSPS) is 18.2. The summed E-state index contributed by atoms with van der Waals surface area (Å²) in [5.41, 5.74) is 0.880. The van der Waals surface area contributed by atoms with Crippen molar-refractivity contribution in [3.8, 4) is 0 Å². The molecule has 0 atom stereocenters. The van der Waals surface area contributed by atoms with Crippen molar-refractivity contribution in [3.05, 3.63) is 61.7 Å². The van der Waals surface area contributed by atoms with Gasteiger partial charge in [0.25, 0.3) is 16.8 Å². The van der Waals surface area contributed by atoms with Crippen LogP contribution in [0.2, 0.25) is 0 Å². The Balaban J connectivity index is 1.33. The monoisotopic (exact) mass is 458 g/mol. The third kappa shape index (κ3) is 4.62. The molecule has 2 saturated heterocycles. The van der Waals surface area contributed by atoms with Gasteiger partial charge in [0, 0.05) is 48.9 Å². The molecule has 31 heavy (non-hydrogen) atoms. The van der Waals surface area contributed by atoms with E-state index in [-0.39, 0.29) is 18.1 Å². The zero-order valence-electron chi connectivity index (χ0n) is 16.3. The Hall–Kier alpha value is -3.18. The quantitative estimate of drug-likeness (QED) is 0.385. The maximum atomic E-state index is 12.7. The number of anilines is 1. The molecule has 160 valence electrons. The summed E-state index contributed by atoms with van der Waals surface area (Å²) < 4.78 is 0. The van der Waals surface area contributed by atoms with Gasteiger partial charge in [-0.15, -0.1) is 11.3 Å². The van der Waals surface area contributed by atoms with Crippen molar-refractivity contribution in [1.29, 1.82) is 0 Å². The number of nitro groups is 1. The number of nitrogens with zero attached hydrogens (tertiary/aromatic N) is 4. The highest BCUT2D eigenvalue weighted by atomic mass is 32.2. The van der Waals surface area contributed by atoms with Gasteiger partial charge in [-0.3, -0.25) is 29.4 Å². The Labute approximate surface area is 186 Å². The van der Waals surface area contributed by atoms with Crippen molar-refractivity contribution in [3.63, 3.8) is 0 Å². The van der Waals surface area contributed by atoms with E-state index in [2.05, 4.69) is 0 Å². The van der Waals surface area contributed by atoms with E-state index in [1.54, 1.807) is 23.1 Å². The fourth-order valence-corrected chi connectivity index (χ4v) is 4.93. The Bertz CT molecular complexity index is 1040. The van der Waals surface area contributed by atoms with Crippen molar-refractivity contribution < 1.29 is 19.3 Å². The molecule has 1 aromatic heterocycles. The summed E-state index contributed by atoms with van der Waals surface area (Å²) in [6.07, 6.45) is 1.67. The van der Waals surface area contributed by atoms with Crippen LogP contribution in [0.25, 0.3) is 6.08 Å². The van der Waals surface area contributed by atoms with E-state index in [1.165, 1.54) is 23.5 Å². The maximum Gasteiger partial charge on any atom is 0.294 e. The highest BCUT2D eigenvalue weighted by Crippen LogP contribution is 2.33. The second-order valence-electron chi connectivity index (χ2n) is 6.92. The Morgan fingerprint density at radius 3 is 2.42 bits per heavy atom. The van der Waals surface area contributed by atoms with E-state index in [4.69, 9.17) is 0 Å². The SMILES string of the molecule is O=C(CN1C(=O)S/C(=C\c2cccs2)C1=O)N1CCN(c2ccc([N+](=O)[O-])cc2)CC1. The van der Waals surface area contributed by atoms with Gasteiger partial charge in [0.05, 0.1) is 9.83 Å². The van der Waals surface area contributed by atoms with Crippen LogP contribution in [0.4, 0.5) is 16.2 Å². The highest BCUT2D eigenvalue weighted by Gasteiger charge is 2.37. The van der Waals surface area contributed by atoms with Crippen LogP contribution in [0.3, 0.4) is 0 Å². The predicted molar refractivity (Wildman–Crippen MR) is 119 cm³/mol. The molecule has 0 unspecified atom stereocenters. The zero-order valence-corrected chi connectivity index (χ0v) is 17.9. The zero-order chi connectivity index (χ0) is 22.0. The molecule has 4 rings (SSSR count). The van der Waals surface area contributed by atoms with E-state index < -0.39 is 16.1 Å². The van der Waals surface area contributed by atoms with Gasteiger partial charge in [-0.25, -0.2) is 0 Å². The van der Waals surface area contributed by atoms with Crippen LogP contribution in [0.15, 0.2) is 46.7 Å². The Kier molecular flexibility index (Phi) is 6.05. The number of benzene rings is 1. The van der Waals surface area contributed by atoms with Crippen LogP contribution < -0.4 is 4.90 Å². The minimum absolute atomic E-state index is 0.0304. The minimum atomic E-state index is -0.444. The molecule has 3 amide bonds. The summed E-state index contributed by atoms with van der Waals surface area (Å²) in [6, 6.07) is 10.0. The van der Waals surface area contributed by atoms with Gasteiger partial charge in [-0.05, 0) is 41.4 Å². The topological polar surface area (TPSA) is 104 Å². The number of carbonyl (C=O) groups is 3. The van der Waals surface area contributed by atoms with Crippen molar-refractivity contribution in [1.82, 2.24) is 9.80 Å². The summed E-state index contributed by atoms with van der Waals surface area (Å²) in [5.74, 6) is -0.718. The summed E-state index contributed by atoms with van der Waals surface area (Å²) in [4.78, 5) is 53.7. The minimum Gasteiger partial charge on any atom is -0.368 e. The van der Waals surface area contributed by atoms with Crippen molar-refractivity contribution in [2.24, 2.45) is 0 Å². The van der Waals surface area contributed by atoms with E-state index >= 15 is 0 Å². The first-order valence-electron chi connectivity index (χ1n) is 9.48. The van der Waals surface area contributed by atoms with Gasteiger partial charge in [-0.1, -0.05) is 6.07 Å². The van der Waals surface area contributed by atoms with Crippen molar-refractivity contribution in [2.75, 3.05) is 37.6 Å². The lowest BCUT2D eigenvalue weighted by Crippen LogP contribution is -2.51. The van der Waals surface area contributed by atoms with Crippen molar-refractivity contribution in [2.45, 2.75) is 0 Å². The number of piperazine rings is 1. The molecule has 0 bridgehead atoms. The third-order valence-electron chi connectivity index (χ3n) is 5.04. The molecule has 2 fully saturated rings. The number of non-ortho nitro benzene ring substituents is 1. The lowest BCUT2D eigenvalue weighted by Gasteiger charge is -2.36. The summed E-state index contributed by atoms with van der Waals surface area (Å²) in [5, 5.41) is 12.2. The van der Waals surface area contributed by atoms with Gasteiger partial charge in [0.2, 0.25) is 5.91 Å². The maximum absolute atomic E-state index is 12.7. The molecular weight excluding hydrogens is 440 g/mol. The number of imide groups is 1. The standard InChI is InChI=1S/C20H18N4O5S2/c25-18(13-23-19(26)17(31-20(23)27)12-16-2-1-11-30-16)22-9-7-21(8-10-22)14-3-5-15(6-4-14)24(28)29/h1-6,11-12H,7-10,13H2/b17-12-. The molecule has 0 spiro atoms. The molecule has 3 heterocycles. The summed E-state index contributed by atoms with van der Waals surface area (Å²) in [6.45, 7) is 1.73. The third-order valence-corrected chi connectivity index (χ3v) is 6.77. The second-order valence-corrected chi connectivity index (χ2v) is 8.90. The fourth-order valence-electron chi connectivity index (χ4n) is 3.37. The van der Waals surface area contributed by atoms with Crippen LogP contribution >= 0.6 is 23.1 Å². The van der Waals surface area contributed by atoms with E-state index in [1.807, 2.05) is 22.4 Å². The molecule has 0 N–H and O–H groups in total. The van der Waals surface area contributed by atoms with Crippen LogP contribution in [-0.4, -0.2) is 64.5 Å². The number of nitro benzene ring substituents is 1. The number of amides is 3. The number of thioether (sulfide) groups is 1. The fraction of sp³-hybridized carbons (Fsp3) is 0.250. The number of hydrogen-bond donors (Lipinski definition) is 0. The number of hydrogen-bond acceptors (Lipinski definition) is 8. The average Bonchev–Trinajstić information content (AvgIpc) is 3.38. The first-order valence-corrected chi connectivity index (χ1v) is 11.2. The first kappa shape index (κ1) is 21.1.